The van der Waals surface area contributed by atoms with Crippen molar-refractivity contribution >= 4 is 0 Å². The quantitative estimate of drug-likeness (QED) is 0.695. The molecule has 3 nitrogen and oxygen atoms in total. The first-order valence-corrected chi connectivity index (χ1v) is 5.66. The zero-order valence-corrected chi connectivity index (χ0v) is 9.78. The third-order valence-electron chi connectivity index (χ3n) is 2.25. The van der Waals surface area contributed by atoms with Crippen molar-refractivity contribution in [1.82, 2.24) is 4.57 Å². The lowest BCUT2D eigenvalue weighted by molar-refractivity contribution is 0.103. The number of rotatable bonds is 7. The first kappa shape index (κ1) is 12.3. The Morgan fingerprint density at radius 3 is 2.93 bits per heavy atom. The topological polar surface area (TPSA) is 40.2 Å². The van der Waals surface area contributed by atoms with E-state index in [2.05, 4.69) is 36.7 Å². The molecule has 3 heteroatoms. The molecule has 0 unspecified atom stereocenters. The fourth-order valence-corrected chi connectivity index (χ4v) is 1.52. The summed E-state index contributed by atoms with van der Waals surface area (Å²) in [7, 11) is 0. The normalized spacial score (nSPS) is 11.2. The molecule has 1 heterocycles. The first-order valence-electron chi connectivity index (χ1n) is 5.66. The fourth-order valence-electron chi connectivity index (χ4n) is 1.52. The Kier molecular flexibility index (Phi) is 5.43. The van der Waals surface area contributed by atoms with Crippen LogP contribution in [0.1, 0.15) is 19.5 Å². The van der Waals surface area contributed by atoms with Crippen LogP contribution < -0.4 is 5.73 Å². The molecule has 86 valence electrons. The summed E-state index contributed by atoms with van der Waals surface area (Å²) in [6.07, 6.45) is 3.03. The van der Waals surface area contributed by atoms with E-state index in [9.17, 15) is 0 Å². The van der Waals surface area contributed by atoms with Gasteiger partial charge in [-0.25, -0.2) is 0 Å². The average Bonchev–Trinajstić information content (AvgIpc) is 2.61. The van der Waals surface area contributed by atoms with Gasteiger partial charge in [-0.3, -0.25) is 0 Å². The molecule has 0 saturated carbocycles. The number of hydrogen-bond acceptors (Lipinski definition) is 2. The molecule has 0 spiro atoms. The fraction of sp³-hybridized carbons (Fsp3) is 0.667. The van der Waals surface area contributed by atoms with E-state index in [4.69, 9.17) is 10.5 Å². The van der Waals surface area contributed by atoms with Crippen molar-refractivity contribution in [1.29, 1.82) is 0 Å². The molecule has 0 atom stereocenters. The van der Waals surface area contributed by atoms with Gasteiger partial charge in [0, 0.05) is 25.0 Å². The van der Waals surface area contributed by atoms with Crippen molar-refractivity contribution in [3.63, 3.8) is 0 Å². The van der Waals surface area contributed by atoms with Gasteiger partial charge < -0.3 is 15.0 Å². The molecular formula is C12H22N2O. The van der Waals surface area contributed by atoms with E-state index in [0.717, 1.165) is 26.2 Å². The summed E-state index contributed by atoms with van der Waals surface area (Å²) in [6.45, 7) is 7.58. The van der Waals surface area contributed by atoms with Crippen molar-refractivity contribution in [2.24, 2.45) is 11.7 Å². The Morgan fingerprint density at radius 2 is 2.27 bits per heavy atom. The second-order valence-corrected chi connectivity index (χ2v) is 4.20. The molecule has 15 heavy (non-hydrogen) atoms. The average molecular weight is 210 g/mol. The molecule has 0 bridgehead atoms. The molecule has 0 amide bonds. The second-order valence-electron chi connectivity index (χ2n) is 4.20. The van der Waals surface area contributed by atoms with Gasteiger partial charge in [-0.05, 0) is 31.0 Å². The van der Waals surface area contributed by atoms with E-state index >= 15 is 0 Å². The summed E-state index contributed by atoms with van der Waals surface area (Å²) < 4.78 is 7.76. The largest absolute Gasteiger partial charge is 0.379 e. The third kappa shape index (κ3) is 4.49. The Hall–Kier alpha value is -0.800. The Bertz CT molecular complexity index is 268. The molecule has 2 N–H and O–H groups in total. The molecule has 0 aromatic carbocycles. The SMILES string of the molecule is CC(C)COCCn1cccc1CCN. The molecule has 0 saturated heterocycles. The highest BCUT2D eigenvalue weighted by Crippen LogP contribution is 2.03. The highest BCUT2D eigenvalue weighted by molar-refractivity contribution is 5.07. The van der Waals surface area contributed by atoms with Crippen LogP contribution in [0, 0.1) is 5.92 Å². The van der Waals surface area contributed by atoms with E-state index in [1.807, 2.05) is 0 Å². The maximum absolute atomic E-state index is 5.55. The van der Waals surface area contributed by atoms with Gasteiger partial charge in [0.15, 0.2) is 0 Å². The van der Waals surface area contributed by atoms with Gasteiger partial charge in [-0.1, -0.05) is 13.8 Å². The minimum absolute atomic E-state index is 0.609. The molecule has 1 aromatic heterocycles. The third-order valence-corrected chi connectivity index (χ3v) is 2.25. The predicted octanol–water partition coefficient (Wildman–Crippen LogP) is 1.66. The molecule has 0 radical (unpaired) electrons. The first-order chi connectivity index (χ1) is 7.24. The van der Waals surface area contributed by atoms with Crippen LogP contribution in [-0.2, 0) is 17.7 Å². The van der Waals surface area contributed by atoms with Crippen molar-refractivity contribution in [2.45, 2.75) is 26.8 Å². The number of aromatic nitrogens is 1. The monoisotopic (exact) mass is 210 g/mol. The summed E-state index contributed by atoms with van der Waals surface area (Å²) in [5, 5.41) is 0. The zero-order valence-electron chi connectivity index (χ0n) is 9.78. The van der Waals surface area contributed by atoms with E-state index in [0.29, 0.717) is 12.5 Å². The minimum atomic E-state index is 0.609. The number of hydrogen-bond donors (Lipinski definition) is 1. The van der Waals surface area contributed by atoms with Gasteiger partial charge in [0.1, 0.15) is 0 Å². The van der Waals surface area contributed by atoms with E-state index in [1.54, 1.807) is 0 Å². The van der Waals surface area contributed by atoms with Gasteiger partial charge in [0.05, 0.1) is 6.61 Å². The van der Waals surface area contributed by atoms with Crippen molar-refractivity contribution in [2.75, 3.05) is 19.8 Å². The Balaban J connectivity index is 2.27. The molecule has 0 aliphatic heterocycles. The van der Waals surface area contributed by atoms with Crippen LogP contribution >= 0.6 is 0 Å². The van der Waals surface area contributed by atoms with E-state index in [-0.39, 0.29) is 0 Å². The minimum Gasteiger partial charge on any atom is -0.379 e. The Labute approximate surface area is 92.2 Å². The predicted molar refractivity (Wildman–Crippen MR) is 62.8 cm³/mol. The Morgan fingerprint density at radius 1 is 1.47 bits per heavy atom. The highest BCUT2D eigenvalue weighted by atomic mass is 16.5. The van der Waals surface area contributed by atoms with Crippen LogP contribution in [0.5, 0.6) is 0 Å². The molecule has 0 aliphatic carbocycles. The lowest BCUT2D eigenvalue weighted by Gasteiger charge is -2.10. The molecule has 0 fully saturated rings. The maximum Gasteiger partial charge on any atom is 0.0645 e. The van der Waals surface area contributed by atoms with Crippen LogP contribution in [-0.4, -0.2) is 24.3 Å². The standard InChI is InChI=1S/C12H22N2O/c1-11(2)10-15-9-8-14-7-3-4-12(14)5-6-13/h3-4,7,11H,5-6,8-10,13H2,1-2H3. The van der Waals surface area contributed by atoms with Crippen LogP contribution in [0.25, 0.3) is 0 Å². The van der Waals surface area contributed by atoms with E-state index in [1.165, 1.54) is 5.69 Å². The second kappa shape index (κ2) is 6.64. The lowest BCUT2D eigenvalue weighted by Crippen LogP contribution is -2.13. The molecule has 0 aliphatic rings. The van der Waals surface area contributed by atoms with Crippen LogP contribution in [0.15, 0.2) is 18.3 Å². The zero-order chi connectivity index (χ0) is 11.1. The highest BCUT2D eigenvalue weighted by Gasteiger charge is 1.99. The number of nitrogens with zero attached hydrogens (tertiary/aromatic N) is 1. The number of nitrogens with two attached hydrogens (primary N) is 1. The van der Waals surface area contributed by atoms with Crippen molar-refractivity contribution in [3.05, 3.63) is 24.0 Å². The van der Waals surface area contributed by atoms with Gasteiger partial charge in [-0.15, -0.1) is 0 Å². The summed E-state index contributed by atoms with van der Waals surface area (Å²) in [5.74, 6) is 0.609. The van der Waals surface area contributed by atoms with Gasteiger partial charge in [-0.2, -0.15) is 0 Å². The van der Waals surface area contributed by atoms with Gasteiger partial charge in [0.2, 0.25) is 0 Å². The van der Waals surface area contributed by atoms with Crippen LogP contribution in [0.4, 0.5) is 0 Å². The van der Waals surface area contributed by atoms with E-state index < -0.39 is 0 Å². The van der Waals surface area contributed by atoms with Crippen molar-refractivity contribution in [3.8, 4) is 0 Å². The molecule has 1 rings (SSSR count). The smallest absolute Gasteiger partial charge is 0.0645 e. The van der Waals surface area contributed by atoms with Gasteiger partial charge in [0.25, 0.3) is 0 Å². The van der Waals surface area contributed by atoms with Crippen LogP contribution in [0.3, 0.4) is 0 Å². The number of ether oxygens (including phenoxy) is 1. The summed E-state index contributed by atoms with van der Waals surface area (Å²) in [5.41, 5.74) is 6.84. The summed E-state index contributed by atoms with van der Waals surface area (Å²) >= 11 is 0. The molecular weight excluding hydrogens is 188 g/mol. The maximum atomic E-state index is 5.55. The van der Waals surface area contributed by atoms with Gasteiger partial charge >= 0.3 is 0 Å². The lowest BCUT2D eigenvalue weighted by atomic mass is 10.2. The molecule has 1 aromatic rings. The van der Waals surface area contributed by atoms with Crippen molar-refractivity contribution < 1.29 is 4.74 Å². The summed E-state index contributed by atoms with van der Waals surface area (Å²) in [6, 6.07) is 4.18. The summed E-state index contributed by atoms with van der Waals surface area (Å²) in [4.78, 5) is 0. The van der Waals surface area contributed by atoms with Crippen LogP contribution in [0.2, 0.25) is 0 Å².